The van der Waals surface area contributed by atoms with E-state index in [9.17, 15) is 4.79 Å². The Labute approximate surface area is 144 Å². The molecule has 24 heavy (non-hydrogen) atoms. The fourth-order valence-corrected chi connectivity index (χ4v) is 2.58. The molecular weight excluding hydrogens is 326 g/mol. The summed E-state index contributed by atoms with van der Waals surface area (Å²) in [6, 6.07) is 10.9. The molecule has 2 N–H and O–H groups in total. The predicted octanol–water partition coefficient (Wildman–Crippen LogP) is 3.45. The van der Waals surface area contributed by atoms with E-state index in [-0.39, 0.29) is 6.03 Å². The van der Waals surface area contributed by atoms with Gasteiger partial charge in [-0.1, -0.05) is 23.7 Å². The maximum atomic E-state index is 12.0. The first-order valence-electron chi connectivity index (χ1n) is 7.73. The number of aryl methyl sites for hydroxylation is 2. The van der Waals surface area contributed by atoms with Crippen LogP contribution in [-0.4, -0.2) is 27.2 Å². The molecule has 3 aromatic rings. The number of carbonyl (C=O) groups is 1. The number of benzene rings is 1. The second kappa shape index (κ2) is 7.31. The predicted molar refractivity (Wildman–Crippen MR) is 94.5 cm³/mol. The topological polar surface area (TPSA) is 71.3 Å². The van der Waals surface area contributed by atoms with E-state index in [1.807, 2.05) is 41.8 Å². The van der Waals surface area contributed by atoms with E-state index in [2.05, 4.69) is 20.8 Å². The van der Waals surface area contributed by atoms with Crippen molar-refractivity contribution in [2.24, 2.45) is 0 Å². The molecule has 2 heterocycles. The minimum absolute atomic E-state index is 0.244. The summed E-state index contributed by atoms with van der Waals surface area (Å²) < 4.78 is 1.95. The van der Waals surface area contributed by atoms with Crippen molar-refractivity contribution in [3.8, 4) is 0 Å². The number of urea groups is 1. The van der Waals surface area contributed by atoms with Crippen LogP contribution in [0.15, 0.2) is 42.6 Å². The zero-order valence-corrected chi connectivity index (χ0v) is 14.0. The Bertz CT molecular complexity index is 861. The van der Waals surface area contributed by atoms with Gasteiger partial charge in [0.05, 0.1) is 0 Å². The third kappa shape index (κ3) is 3.83. The number of halogens is 1. The third-order valence-corrected chi connectivity index (χ3v) is 3.93. The van der Waals surface area contributed by atoms with Crippen molar-refractivity contribution >= 4 is 29.0 Å². The zero-order chi connectivity index (χ0) is 16.9. The van der Waals surface area contributed by atoms with Gasteiger partial charge in [0.15, 0.2) is 5.65 Å². The summed E-state index contributed by atoms with van der Waals surface area (Å²) in [6.07, 6.45) is 3.45. The van der Waals surface area contributed by atoms with E-state index in [0.717, 1.165) is 29.9 Å². The van der Waals surface area contributed by atoms with E-state index in [4.69, 9.17) is 11.6 Å². The molecule has 7 heteroatoms. The number of hydrogen-bond donors (Lipinski definition) is 2. The highest BCUT2D eigenvalue weighted by Gasteiger charge is 2.06. The first-order chi connectivity index (χ1) is 11.6. The molecule has 2 amide bonds. The Morgan fingerprint density at radius 3 is 3.00 bits per heavy atom. The standard InChI is InChI=1S/C17H18ClN5O/c1-12-7-8-13(18)11-14(12)20-17(24)19-9-4-6-16-22-21-15-5-2-3-10-23(15)16/h2-3,5,7-8,10-11H,4,6,9H2,1H3,(H2,19,20,24). The molecule has 1 aromatic carbocycles. The summed E-state index contributed by atoms with van der Waals surface area (Å²) >= 11 is 5.94. The van der Waals surface area contributed by atoms with Crippen LogP contribution < -0.4 is 10.6 Å². The Morgan fingerprint density at radius 1 is 1.25 bits per heavy atom. The molecule has 124 valence electrons. The Morgan fingerprint density at radius 2 is 2.12 bits per heavy atom. The summed E-state index contributed by atoms with van der Waals surface area (Å²) in [4.78, 5) is 12.0. The van der Waals surface area contributed by atoms with Gasteiger partial charge in [0.2, 0.25) is 0 Å². The van der Waals surface area contributed by atoms with Crippen molar-refractivity contribution in [3.05, 3.63) is 59.0 Å². The van der Waals surface area contributed by atoms with E-state index in [0.29, 0.717) is 17.3 Å². The van der Waals surface area contributed by atoms with Crippen LogP contribution in [0.25, 0.3) is 5.65 Å². The summed E-state index contributed by atoms with van der Waals surface area (Å²) in [5.41, 5.74) is 2.50. The third-order valence-electron chi connectivity index (χ3n) is 3.69. The second-order valence-corrected chi connectivity index (χ2v) is 5.93. The van der Waals surface area contributed by atoms with Gasteiger partial charge in [-0.05, 0) is 43.2 Å². The Balaban J connectivity index is 1.48. The molecule has 2 aromatic heterocycles. The van der Waals surface area contributed by atoms with Crippen molar-refractivity contribution in [2.45, 2.75) is 19.8 Å². The molecule has 0 unspecified atom stereocenters. The maximum Gasteiger partial charge on any atom is 0.319 e. The molecule has 0 aliphatic heterocycles. The van der Waals surface area contributed by atoms with Crippen molar-refractivity contribution in [2.75, 3.05) is 11.9 Å². The van der Waals surface area contributed by atoms with Gasteiger partial charge >= 0.3 is 6.03 Å². The molecule has 0 spiro atoms. The van der Waals surface area contributed by atoms with Crippen LogP contribution in [-0.2, 0) is 6.42 Å². The van der Waals surface area contributed by atoms with E-state index in [1.165, 1.54) is 0 Å². The molecule has 0 aliphatic carbocycles. The van der Waals surface area contributed by atoms with E-state index < -0.39 is 0 Å². The number of nitrogens with zero attached hydrogens (tertiary/aromatic N) is 3. The van der Waals surface area contributed by atoms with E-state index >= 15 is 0 Å². The molecule has 0 atom stereocenters. The SMILES string of the molecule is Cc1ccc(Cl)cc1NC(=O)NCCCc1nnc2ccccn12. The molecular formula is C17H18ClN5O. The molecule has 0 fully saturated rings. The van der Waals surface area contributed by atoms with Crippen LogP contribution in [0, 0.1) is 6.92 Å². The number of nitrogens with one attached hydrogen (secondary N) is 2. The van der Waals surface area contributed by atoms with Crippen molar-refractivity contribution in [3.63, 3.8) is 0 Å². The number of anilines is 1. The fourth-order valence-electron chi connectivity index (χ4n) is 2.41. The first-order valence-corrected chi connectivity index (χ1v) is 8.11. The Kier molecular flexibility index (Phi) is 4.96. The van der Waals surface area contributed by atoms with Crippen molar-refractivity contribution < 1.29 is 4.79 Å². The maximum absolute atomic E-state index is 12.0. The van der Waals surface area contributed by atoms with Crippen LogP contribution in [0.2, 0.25) is 5.02 Å². The number of rotatable bonds is 5. The van der Waals surface area contributed by atoms with Crippen LogP contribution in [0.3, 0.4) is 0 Å². The lowest BCUT2D eigenvalue weighted by molar-refractivity contribution is 0.252. The van der Waals surface area contributed by atoms with Crippen molar-refractivity contribution in [1.29, 1.82) is 0 Å². The lowest BCUT2D eigenvalue weighted by Crippen LogP contribution is -2.30. The monoisotopic (exact) mass is 343 g/mol. The van der Waals surface area contributed by atoms with Crippen LogP contribution in [0.4, 0.5) is 10.5 Å². The zero-order valence-electron chi connectivity index (χ0n) is 13.3. The van der Waals surface area contributed by atoms with Gasteiger partial charge in [-0.15, -0.1) is 10.2 Å². The second-order valence-electron chi connectivity index (χ2n) is 5.49. The number of pyridine rings is 1. The fraction of sp³-hybridized carbons (Fsp3) is 0.235. The molecule has 6 nitrogen and oxygen atoms in total. The van der Waals surface area contributed by atoms with Gasteiger partial charge in [0.25, 0.3) is 0 Å². The number of hydrogen-bond acceptors (Lipinski definition) is 3. The van der Waals surface area contributed by atoms with Crippen LogP contribution >= 0.6 is 11.6 Å². The van der Waals surface area contributed by atoms with Gasteiger partial charge in [-0.2, -0.15) is 0 Å². The average molecular weight is 344 g/mol. The molecule has 0 saturated heterocycles. The molecule has 0 saturated carbocycles. The minimum atomic E-state index is -0.244. The van der Waals surface area contributed by atoms with Crippen LogP contribution in [0.1, 0.15) is 17.8 Å². The van der Waals surface area contributed by atoms with Crippen molar-refractivity contribution in [1.82, 2.24) is 19.9 Å². The first kappa shape index (κ1) is 16.3. The van der Waals surface area contributed by atoms with Gasteiger partial charge < -0.3 is 10.6 Å². The highest BCUT2D eigenvalue weighted by atomic mass is 35.5. The lowest BCUT2D eigenvalue weighted by Gasteiger charge is -2.10. The lowest BCUT2D eigenvalue weighted by atomic mass is 10.2. The summed E-state index contributed by atoms with van der Waals surface area (Å²) in [7, 11) is 0. The summed E-state index contributed by atoms with van der Waals surface area (Å²) in [5.74, 6) is 0.887. The number of carbonyl (C=O) groups excluding carboxylic acids is 1. The highest BCUT2D eigenvalue weighted by Crippen LogP contribution is 2.19. The highest BCUT2D eigenvalue weighted by molar-refractivity contribution is 6.31. The normalized spacial score (nSPS) is 10.8. The van der Waals surface area contributed by atoms with Gasteiger partial charge in [-0.3, -0.25) is 4.40 Å². The number of fused-ring (bicyclic) bond motifs is 1. The minimum Gasteiger partial charge on any atom is -0.338 e. The van der Waals surface area contributed by atoms with E-state index in [1.54, 1.807) is 12.1 Å². The smallest absolute Gasteiger partial charge is 0.319 e. The average Bonchev–Trinajstić information content (AvgIpc) is 2.98. The largest absolute Gasteiger partial charge is 0.338 e. The summed E-state index contributed by atoms with van der Waals surface area (Å²) in [6.45, 7) is 2.47. The quantitative estimate of drug-likeness (QED) is 0.697. The molecule has 0 bridgehead atoms. The summed E-state index contributed by atoms with van der Waals surface area (Å²) in [5, 5.41) is 14.5. The Hall–Kier alpha value is -2.60. The number of amides is 2. The molecule has 0 radical (unpaired) electrons. The molecule has 0 aliphatic rings. The van der Waals surface area contributed by atoms with Gasteiger partial charge in [-0.25, -0.2) is 4.79 Å². The molecule has 3 rings (SSSR count). The van der Waals surface area contributed by atoms with Crippen LogP contribution in [0.5, 0.6) is 0 Å². The number of aromatic nitrogens is 3. The van der Waals surface area contributed by atoms with Gasteiger partial charge in [0, 0.05) is 29.9 Å². The van der Waals surface area contributed by atoms with Gasteiger partial charge in [0.1, 0.15) is 5.82 Å².